The first-order chi connectivity index (χ1) is 18.3. The van der Waals surface area contributed by atoms with Gasteiger partial charge >= 0.3 is 12.4 Å². The van der Waals surface area contributed by atoms with Gasteiger partial charge in [-0.05, 0) is 49.8 Å². The summed E-state index contributed by atoms with van der Waals surface area (Å²) in [6.07, 6.45) is -9.42. The highest BCUT2D eigenvalue weighted by Crippen LogP contribution is 2.36. The molecule has 0 radical (unpaired) electrons. The maximum absolute atomic E-state index is 13.7. The fourth-order valence-electron chi connectivity index (χ4n) is 5.05. The number of amides is 1. The molecule has 0 aromatic heterocycles. The second-order valence-electron chi connectivity index (χ2n) is 10.3. The summed E-state index contributed by atoms with van der Waals surface area (Å²) in [6, 6.07) is 10.2. The monoisotopic (exact) mass is 557 g/mol. The predicted molar refractivity (Wildman–Crippen MR) is 135 cm³/mol. The number of hydrogen-bond donors (Lipinski definition) is 1. The van der Waals surface area contributed by atoms with Crippen molar-refractivity contribution in [3.8, 4) is 0 Å². The van der Waals surface area contributed by atoms with Gasteiger partial charge in [-0.2, -0.15) is 26.3 Å². The van der Waals surface area contributed by atoms with Crippen molar-refractivity contribution in [3.63, 3.8) is 0 Å². The molecule has 2 aromatic carbocycles. The molecule has 2 heterocycles. The van der Waals surface area contributed by atoms with E-state index in [1.54, 1.807) is 0 Å². The van der Waals surface area contributed by atoms with Gasteiger partial charge in [-0.1, -0.05) is 30.3 Å². The van der Waals surface area contributed by atoms with E-state index in [1.807, 2.05) is 44.4 Å². The normalized spacial score (nSPS) is 21.7. The number of nitrogens with one attached hydrogen (secondary N) is 1. The Balaban J connectivity index is 1.47. The first-order valence-electron chi connectivity index (χ1n) is 12.7. The minimum atomic E-state index is -4.92. The summed E-state index contributed by atoms with van der Waals surface area (Å²) in [5, 5.41) is 3.43. The van der Waals surface area contributed by atoms with E-state index in [0.717, 1.165) is 18.7 Å². The van der Waals surface area contributed by atoms with Gasteiger partial charge in [-0.15, -0.1) is 0 Å². The molecule has 214 valence electrons. The molecule has 12 heteroatoms. The summed E-state index contributed by atoms with van der Waals surface area (Å²) < 4.78 is 79.5. The minimum Gasteiger partial charge on any atom is -0.344 e. The maximum Gasteiger partial charge on any atom is 0.416 e. The number of carbonyl (C=O) groups excluding carboxylic acids is 1. The first-order valence-corrected chi connectivity index (χ1v) is 12.7. The number of alkyl halides is 6. The van der Waals surface area contributed by atoms with Crippen molar-refractivity contribution in [2.24, 2.45) is 0 Å². The Morgan fingerprint density at radius 1 is 0.923 bits per heavy atom. The van der Waals surface area contributed by atoms with E-state index in [4.69, 9.17) is 0 Å². The molecule has 3 atom stereocenters. The molecule has 2 aliphatic heterocycles. The van der Waals surface area contributed by atoms with Gasteiger partial charge in [0.25, 0.3) is 0 Å². The van der Waals surface area contributed by atoms with Crippen LogP contribution in [-0.2, 0) is 23.6 Å². The molecule has 4 rings (SSSR count). The van der Waals surface area contributed by atoms with Crippen molar-refractivity contribution >= 4 is 5.91 Å². The quantitative estimate of drug-likeness (QED) is 0.394. The molecule has 1 N–H and O–H groups in total. The standard InChI is InChI=1S/C27H33F6N5O/c1-35(2)23-24(34-23)38-13-11-37(12-14-38)22(19-7-5-4-6-8-19)25(39)36(3)10-9-18-15-20(26(28,29)30)17-21(16-18)27(31,32)33/h4-8,15-17,22-24,34H,9-14H2,1-3H3. The second kappa shape index (κ2) is 11.4. The van der Waals surface area contributed by atoms with Crippen molar-refractivity contribution < 1.29 is 31.1 Å². The van der Waals surface area contributed by atoms with Crippen molar-refractivity contribution in [3.05, 3.63) is 70.8 Å². The molecule has 2 aromatic rings. The van der Waals surface area contributed by atoms with Crippen LogP contribution in [0.3, 0.4) is 0 Å². The van der Waals surface area contributed by atoms with E-state index >= 15 is 0 Å². The van der Waals surface area contributed by atoms with Gasteiger partial charge < -0.3 is 4.90 Å². The number of nitrogens with zero attached hydrogens (tertiary/aromatic N) is 4. The highest BCUT2D eigenvalue weighted by molar-refractivity contribution is 5.83. The van der Waals surface area contributed by atoms with Gasteiger partial charge in [-0.3, -0.25) is 24.8 Å². The molecule has 2 aliphatic rings. The highest BCUT2D eigenvalue weighted by atomic mass is 19.4. The lowest BCUT2D eigenvalue weighted by atomic mass is 10.0. The SMILES string of the molecule is CN(CCc1cc(C(F)(F)F)cc(C(F)(F)F)c1)C(=O)C(c1ccccc1)N1CCN(C2NC2N(C)C)CC1. The Labute approximate surface area is 224 Å². The van der Waals surface area contributed by atoms with Crippen molar-refractivity contribution in [2.45, 2.75) is 37.1 Å². The fourth-order valence-corrected chi connectivity index (χ4v) is 5.05. The number of likely N-dealkylation sites (N-methyl/N-ethyl adjacent to an activating group) is 2. The third-order valence-corrected chi connectivity index (χ3v) is 7.30. The lowest BCUT2D eigenvalue weighted by Crippen LogP contribution is -2.52. The number of piperazine rings is 1. The number of carbonyl (C=O) groups is 1. The lowest BCUT2D eigenvalue weighted by Gasteiger charge is -2.40. The average Bonchev–Trinajstić information content (AvgIpc) is 3.69. The average molecular weight is 558 g/mol. The van der Waals surface area contributed by atoms with Gasteiger partial charge in [0.05, 0.1) is 23.5 Å². The predicted octanol–water partition coefficient (Wildman–Crippen LogP) is 3.90. The summed E-state index contributed by atoms with van der Waals surface area (Å²) in [5.74, 6) is -0.256. The fraction of sp³-hybridized carbons (Fsp3) is 0.519. The molecule has 0 spiro atoms. The zero-order chi connectivity index (χ0) is 28.5. The number of halogens is 6. The largest absolute Gasteiger partial charge is 0.416 e. The molecule has 39 heavy (non-hydrogen) atoms. The summed E-state index contributed by atoms with van der Waals surface area (Å²) in [5.41, 5.74) is -2.06. The molecule has 0 bridgehead atoms. The Bertz CT molecular complexity index is 1100. The van der Waals surface area contributed by atoms with Crippen LogP contribution in [0.1, 0.15) is 28.3 Å². The van der Waals surface area contributed by atoms with Crippen LogP contribution in [0.25, 0.3) is 0 Å². The van der Waals surface area contributed by atoms with Crippen LogP contribution < -0.4 is 5.32 Å². The number of hydrogen-bond acceptors (Lipinski definition) is 5. The van der Waals surface area contributed by atoms with Crippen molar-refractivity contribution in [1.82, 2.24) is 24.9 Å². The van der Waals surface area contributed by atoms with E-state index in [-0.39, 0.29) is 36.7 Å². The van der Waals surface area contributed by atoms with Crippen LogP contribution >= 0.6 is 0 Å². The van der Waals surface area contributed by atoms with Gasteiger partial charge in [0.15, 0.2) is 0 Å². The Kier molecular flexibility index (Phi) is 8.60. The van der Waals surface area contributed by atoms with Crippen LogP contribution in [0, 0.1) is 0 Å². The van der Waals surface area contributed by atoms with Crippen LogP contribution in [0.2, 0.25) is 0 Å². The van der Waals surface area contributed by atoms with E-state index in [9.17, 15) is 31.1 Å². The summed E-state index contributed by atoms with van der Waals surface area (Å²) in [7, 11) is 5.55. The minimum absolute atomic E-state index is 0.0305. The van der Waals surface area contributed by atoms with Crippen LogP contribution in [-0.4, -0.2) is 91.7 Å². The Morgan fingerprint density at radius 3 is 1.97 bits per heavy atom. The van der Waals surface area contributed by atoms with Crippen LogP contribution in [0.4, 0.5) is 26.3 Å². The van der Waals surface area contributed by atoms with E-state index < -0.39 is 29.5 Å². The van der Waals surface area contributed by atoms with Crippen molar-refractivity contribution in [2.75, 3.05) is 53.9 Å². The van der Waals surface area contributed by atoms with Gasteiger partial charge in [0.2, 0.25) is 5.91 Å². The van der Waals surface area contributed by atoms with Crippen LogP contribution in [0.15, 0.2) is 48.5 Å². The topological polar surface area (TPSA) is 52.0 Å². The molecule has 0 aliphatic carbocycles. The molecule has 0 saturated carbocycles. The van der Waals surface area contributed by atoms with Crippen LogP contribution in [0.5, 0.6) is 0 Å². The van der Waals surface area contributed by atoms with E-state index in [0.29, 0.717) is 31.4 Å². The molecule has 2 fully saturated rings. The molecule has 1 amide bonds. The zero-order valence-electron chi connectivity index (χ0n) is 22.1. The lowest BCUT2D eigenvalue weighted by molar-refractivity contribution is -0.143. The summed E-state index contributed by atoms with van der Waals surface area (Å²) in [4.78, 5) is 21.6. The Hall–Kier alpha value is -2.67. The van der Waals surface area contributed by atoms with Gasteiger partial charge in [-0.25, -0.2) is 0 Å². The Morgan fingerprint density at radius 2 is 1.49 bits per heavy atom. The molecule has 2 saturated heterocycles. The third-order valence-electron chi connectivity index (χ3n) is 7.30. The molecular weight excluding hydrogens is 524 g/mol. The van der Waals surface area contributed by atoms with Gasteiger partial charge in [0, 0.05) is 39.8 Å². The van der Waals surface area contributed by atoms with E-state index in [1.165, 1.54) is 11.9 Å². The summed E-state index contributed by atoms with van der Waals surface area (Å²) in [6.45, 7) is 2.76. The molecular formula is C27H33F6N5O. The zero-order valence-corrected chi connectivity index (χ0v) is 22.1. The van der Waals surface area contributed by atoms with E-state index in [2.05, 4.69) is 20.0 Å². The smallest absolute Gasteiger partial charge is 0.344 e. The second-order valence-corrected chi connectivity index (χ2v) is 10.3. The number of benzene rings is 2. The summed E-state index contributed by atoms with van der Waals surface area (Å²) >= 11 is 0. The van der Waals surface area contributed by atoms with Crippen molar-refractivity contribution in [1.29, 1.82) is 0 Å². The molecule has 6 nitrogen and oxygen atoms in total. The first kappa shape index (κ1) is 29.3. The number of rotatable bonds is 8. The van der Waals surface area contributed by atoms with Gasteiger partial charge in [0.1, 0.15) is 6.04 Å². The molecule has 3 unspecified atom stereocenters. The third kappa shape index (κ3) is 7.10. The maximum atomic E-state index is 13.7. The highest BCUT2D eigenvalue weighted by Gasteiger charge is 2.44.